The zero-order chi connectivity index (χ0) is 11.6. The monoisotopic (exact) mass is 284 g/mol. The third-order valence-corrected chi connectivity index (χ3v) is 4.41. The van der Waals surface area contributed by atoms with Crippen LogP contribution in [0.2, 0.25) is 0 Å². The average Bonchev–Trinajstić information content (AvgIpc) is 2.76. The van der Waals surface area contributed by atoms with Crippen molar-refractivity contribution >= 4 is 15.9 Å². The van der Waals surface area contributed by atoms with Crippen LogP contribution >= 0.6 is 15.9 Å². The largest absolute Gasteiger partial charge is 0.335 e. The number of rotatable bonds is 4. The Bertz CT molecular complexity index is 347. The molecule has 0 radical (unpaired) electrons. The maximum atomic E-state index is 4.52. The molecule has 3 heteroatoms. The van der Waals surface area contributed by atoms with E-state index in [0.717, 1.165) is 13.0 Å². The summed E-state index contributed by atoms with van der Waals surface area (Å²) >= 11 is 3.74. The van der Waals surface area contributed by atoms with E-state index in [1.165, 1.54) is 31.5 Å². The van der Waals surface area contributed by atoms with Gasteiger partial charge < -0.3 is 4.57 Å². The van der Waals surface area contributed by atoms with Crippen molar-refractivity contribution in [1.29, 1.82) is 0 Å². The van der Waals surface area contributed by atoms with Crippen LogP contribution in [0.4, 0.5) is 0 Å². The van der Waals surface area contributed by atoms with Crippen LogP contribution < -0.4 is 0 Å². The molecule has 2 unspecified atom stereocenters. The summed E-state index contributed by atoms with van der Waals surface area (Å²) in [6, 6.07) is 0. The molecule has 0 bridgehead atoms. The van der Waals surface area contributed by atoms with E-state index in [2.05, 4.69) is 45.5 Å². The van der Waals surface area contributed by atoms with E-state index in [-0.39, 0.29) is 0 Å². The van der Waals surface area contributed by atoms with Gasteiger partial charge in [0.1, 0.15) is 5.82 Å². The first-order chi connectivity index (χ1) is 7.63. The first-order valence-corrected chi connectivity index (χ1v) is 7.18. The Hall–Kier alpha value is -0.310. The van der Waals surface area contributed by atoms with Crippen LogP contribution in [-0.2, 0) is 13.0 Å². The van der Waals surface area contributed by atoms with Crippen molar-refractivity contribution in [2.24, 2.45) is 5.41 Å². The fourth-order valence-corrected chi connectivity index (χ4v) is 3.75. The molecule has 0 spiro atoms. The van der Waals surface area contributed by atoms with Crippen molar-refractivity contribution in [3.63, 3.8) is 0 Å². The van der Waals surface area contributed by atoms with Crippen LogP contribution in [0.3, 0.4) is 0 Å². The predicted molar refractivity (Wildman–Crippen MR) is 70.9 cm³/mol. The molecule has 1 aliphatic rings. The summed E-state index contributed by atoms with van der Waals surface area (Å²) in [5.41, 5.74) is 0.449. The molecule has 0 aromatic carbocycles. The van der Waals surface area contributed by atoms with Crippen LogP contribution in [-0.4, -0.2) is 14.4 Å². The lowest BCUT2D eigenvalue weighted by Crippen LogP contribution is -2.19. The highest BCUT2D eigenvalue weighted by molar-refractivity contribution is 9.09. The maximum absolute atomic E-state index is 4.52. The Morgan fingerprint density at radius 3 is 3.06 bits per heavy atom. The molecule has 1 saturated carbocycles. The second-order valence-corrected chi connectivity index (χ2v) is 6.66. The Balaban J connectivity index is 2.05. The maximum Gasteiger partial charge on any atom is 0.109 e. The van der Waals surface area contributed by atoms with Gasteiger partial charge in [-0.1, -0.05) is 29.8 Å². The summed E-state index contributed by atoms with van der Waals surface area (Å²) in [4.78, 5) is 5.23. The average molecular weight is 285 g/mol. The number of nitrogens with zero attached hydrogens (tertiary/aromatic N) is 2. The molecule has 2 atom stereocenters. The van der Waals surface area contributed by atoms with Crippen molar-refractivity contribution < 1.29 is 0 Å². The molecule has 2 nitrogen and oxygen atoms in total. The molecule has 1 fully saturated rings. The number of halogens is 1. The van der Waals surface area contributed by atoms with Gasteiger partial charge in [0, 0.05) is 30.2 Å². The number of aromatic nitrogens is 2. The quantitative estimate of drug-likeness (QED) is 0.770. The van der Waals surface area contributed by atoms with Gasteiger partial charge in [-0.15, -0.1) is 0 Å². The topological polar surface area (TPSA) is 17.8 Å². The van der Waals surface area contributed by atoms with Crippen molar-refractivity contribution in [3.8, 4) is 0 Å². The normalized spacial score (nSPS) is 29.8. The van der Waals surface area contributed by atoms with Gasteiger partial charge in [0.25, 0.3) is 0 Å². The first-order valence-electron chi connectivity index (χ1n) is 6.27. The summed E-state index contributed by atoms with van der Waals surface area (Å²) in [6.45, 7) is 5.72. The van der Waals surface area contributed by atoms with E-state index in [9.17, 15) is 0 Å². The number of hydrogen-bond acceptors (Lipinski definition) is 1. The molecule has 1 aromatic rings. The third kappa shape index (κ3) is 2.68. The SMILES string of the molecule is CCCn1ccnc1CC1(C)CCC(Br)C1. The lowest BCUT2D eigenvalue weighted by Gasteiger charge is -2.23. The Morgan fingerprint density at radius 1 is 1.62 bits per heavy atom. The first kappa shape index (κ1) is 12.2. The van der Waals surface area contributed by atoms with Crippen molar-refractivity contribution in [3.05, 3.63) is 18.2 Å². The zero-order valence-corrected chi connectivity index (χ0v) is 11.8. The molecule has 0 N–H and O–H groups in total. The van der Waals surface area contributed by atoms with Gasteiger partial charge in [-0.3, -0.25) is 0 Å². The van der Waals surface area contributed by atoms with Gasteiger partial charge >= 0.3 is 0 Å². The number of hydrogen-bond donors (Lipinski definition) is 0. The number of aryl methyl sites for hydroxylation is 1. The fraction of sp³-hybridized carbons (Fsp3) is 0.769. The van der Waals surface area contributed by atoms with Crippen LogP contribution in [0.25, 0.3) is 0 Å². The molecule has 0 amide bonds. The van der Waals surface area contributed by atoms with E-state index in [1.807, 2.05) is 6.20 Å². The van der Waals surface area contributed by atoms with Crippen LogP contribution in [0.1, 0.15) is 45.4 Å². The fourth-order valence-electron chi connectivity index (χ4n) is 2.74. The summed E-state index contributed by atoms with van der Waals surface area (Å²) in [5, 5.41) is 0. The van der Waals surface area contributed by atoms with E-state index in [0.29, 0.717) is 10.2 Å². The van der Waals surface area contributed by atoms with Gasteiger partial charge in [0.05, 0.1) is 0 Å². The van der Waals surface area contributed by atoms with Gasteiger partial charge in [-0.2, -0.15) is 0 Å². The van der Waals surface area contributed by atoms with Crippen LogP contribution in [0, 0.1) is 5.41 Å². The van der Waals surface area contributed by atoms with Crippen LogP contribution in [0.15, 0.2) is 12.4 Å². The third-order valence-electron chi connectivity index (χ3n) is 3.63. The Morgan fingerprint density at radius 2 is 2.44 bits per heavy atom. The standard InChI is InChI=1S/C13H21BrN2/c1-3-7-16-8-6-15-12(16)10-13(2)5-4-11(14)9-13/h6,8,11H,3-5,7,9-10H2,1-2H3. The van der Waals surface area contributed by atoms with Crippen molar-refractivity contribution in [2.75, 3.05) is 0 Å². The highest BCUT2D eigenvalue weighted by Crippen LogP contribution is 2.43. The lowest BCUT2D eigenvalue weighted by molar-refractivity contribution is 0.322. The highest BCUT2D eigenvalue weighted by Gasteiger charge is 2.34. The smallest absolute Gasteiger partial charge is 0.109 e. The van der Waals surface area contributed by atoms with Gasteiger partial charge in [-0.25, -0.2) is 4.98 Å². The molecule has 16 heavy (non-hydrogen) atoms. The molecular formula is C13H21BrN2. The van der Waals surface area contributed by atoms with Gasteiger partial charge in [-0.05, 0) is 31.1 Å². The zero-order valence-electron chi connectivity index (χ0n) is 10.2. The Labute approximate surface area is 107 Å². The molecule has 1 aromatic heterocycles. The molecule has 90 valence electrons. The molecule has 1 aliphatic carbocycles. The minimum Gasteiger partial charge on any atom is -0.335 e. The van der Waals surface area contributed by atoms with Crippen molar-refractivity contribution in [2.45, 2.75) is 57.3 Å². The highest BCUT2D eigenvalue weighted by atomic mass is 79.9. The van der Waals surface area contributed by atoms with Gasteiger partial charge in [0.15, 0.2) is 0 Å². The molecule has 1 heterocycles. The molecule has 0 aliphatic heterocycles. The van der Waals surface area contributed by atoms with Crippen molar-refractivity contribution in [1.82, 2.24) is 9.55 Å². The van der Waals surface area contributed by atoms with Gasteiger partial charge in [0.2, 0.25) is 0 Å². The van der Waals surface area contributed by atoms with E-state index >= 15 is 0 Å². The minimum atomic E-state index is 0.449. The van der Waals surface area contributed by atoms with E-state index in [1.54, 1.807) is 0 Å². The summed E-state index contributed by atoms with van der Waals surface area (Å²) < 4.78 is 2.31. The predicted octanol–water partition coefficient (Wildman–Crippen LogP) is 3.79. The number of imidazole rings is 1. The molecule has 2 rings (SSSR count). The summed E-state index contributed by atoms with van der Waals surface area (Å²) in [7, 11) is 0. The Kier molecular flexibility index (Phi) is 3.73. The molecular weight excluding hydrogens is 264 g/mol. The van der Waals surface area contributed by atoms with E-state index < -0.39 is 0 Å². The van der Waals surface area contributed by atoms with E-state index in [4.69, 9.17) is 0 Å². The van der Waals surface area contributed by atoms with Crippen LogP contribution in [0.5, 0.6) is 0 Å². The summed E-state index contributed by atoms with van der Waals surface area (Å²) in [6.07, 6.45) is 10.3. The summed E-state index contributed by atoms with van der Waals surface area (Å²) in [5.74, 6) is 1.27. The second-order valence-electron chi connectivity index (χ2n) is 5.36. The number of alkyl halides is 1. The molecule has 0 saturated heterocycles. The second kappa shape index (κ2) is 4.91. The minimum absolute atomic E-state index is 0.449. The lowest BCUT2D eigenvalue weighted by atomic mass is 9.85.